The number of aryl methyl sites for hydroxylation is 1. The van der Waals surface area contributed by atoms with Gasteiger partial charge in [0.25, 0.3) is 0 Å². The summed E-state index contributed by atoms with van der Waals surface area (Å²) >= 11 is 0. The molecule has 0 aliphatic carbocycles. The largest absolute Gasteiger partial charge is 0.354 e. The maximum Gasteiger partial charge on any atom is 0.158 e. The van der Waals surface area contributed by atoms with E-state index in [9.17, 15) is 0 Å². The SMILES string of the molecule is Cc1c(-c2[nH]c3ccc(C4CN(C(C)C)C4)cc3c2C(C)C)cn2ncnc2c1C. The number of aromatic amines is 1. The highest BCUT2D eigenvalue weighted by Crippen LogP contribution is 2.39. The van der Waals surface area contributed by atoms with Crippen molar-refractivity contribution in [3.63, 3.8) is 0 Å². The van der Waals surface area contributed by atoms with E-state index in [-0.39, 0.29) is 0 Å². The number of likely N-dealkylation sites (tertiary alicyclic amines) is 1. The number of hydrogen-bond donors (Lipinski definition) is 1. The molecule has 5 nitrogen and oxygen atoms in total. The fourth-order valence-electron chi connectivity index (χ4n) is 4.90. The highest BCUT2D eigenvalue weighted by atomic mass is 15.3. The van der Waals surface area contributed by atoms with Crippen LogP contribution in [0.5, 0.6) is 0 Å². The Labute approximate surface area is 178 Å². The summed E-state index contributed by atoms with van der Waals surface area (Å²) in [4.78, 5) is 10.7. The van der Waals surface area contributed by atoms with Crippen molar-refractivity contribution in [2.45, 2.75) is 59.4 Å². The molecule has 5 heteroatoms. The summed E-state index contributed by atoms with van der Waals surface area (Å²) in [6.45, 7) is 15.8. The van der Waals surface area contributed by atoms with E-state index < -0.39 is 0 Å². The molecule has 0 unspecified atom stereocenters. The van der Waals surface area contributed by atoms with Gasteiger partial charge < -0.3 is 4.98 Å². The van der Waals surface area contributed by atoms with Crippen LogP contribution in [0.2, 0.25) is 0 Å². The van der Waals surface area contributed by atoms with Gasteiger partial charge in [0.05, 0.1) is 5.69 Å². The first-order valence-electron chi connectivity index (χ1n) is 11.0. The second kappa shape index (κ2) is 6.95. The molecular weight excluding hydrogens is 370 g/mol. The standard InChI is InChI=1S/C25H31N5/c1-14(2)23-20-9-18(19-10-29(11-19)15(3)4)7-8-22(20)28-24(23)21-12-30-25(26-13-27-30)17(6)16(21)5/h7-9,12-15,19,28H,10-11H2,1-6H3. The van der Waals surface area contributed by atoms with Gasteiger partial charge in [0.15, 0.2) is 5.65 Å². The number of hydrogen-bond acceptors (Lipinski definition) is 3. The lowest BCUT2D eigenvalue weighted by atomic mass is 9.88. The summed E-state index contributed by atoms with van der Waals surface area (Å²) in [5, 5.41) is 5.76. The average Bonchev–Trinajstić information content (AvgIpc) is 3.27. The Kier molecular flexibility index (Phi) is 4.47. The van der Waals surface area contributed by atoms with Gasteiger partial charge in [0, 0.05) is 47.7 Å². The van der Waals surface area contributed by atoms with Gasteiger partial charge in [-0.3, -0.25) is 4.90 Å². The van der Waals surface area contributed by atoms with Gasteiger partial charge in [-0.2, -0.15) is 5.10 Å². The minimum atomic E-state index is 0.420. The van der Waals surface area contributed by atoms with Crippen LogP contribution >= 0.6 is 0 Å². The van der Waals surface area contributed by atoms with Crippen LogP contribution in [0.4, 0.5) is 0 Å². The highest BCUT2D eigenvalue weighted by Gasteiger charge is 2.30. The summed E-state index contributed by atoms with van der Waals surface area (Å²) in [5.41, 5.74) is 9.88. The molecule has 0 radical (unpaired) electrons. The zero-order valence-electron chi connectivity index (χ0n) is 18.8. The molecule has 30 heavy (non-hydrogen) atoms. The Morgan fingerprint density at radius 2 is 1.83 bits per heavy atom. The first-order chi connectivity index (χ1) is 14.3. The molecule has 4 aromatic rings. The van der Waals surface area contributed by atoms with Gasteiger partial charge in [-0.15, -0.1) is 0 Å². The lowest BCUT2D eigenvalue weighted by Gasteiger charge is -2.42. The van der Waals surface area contributed by atoms with Crippen molar-refractivity contribution in [3.8, 4) is 11.3 Å². The van der Waals surface area contributed by atoms with Gasteiger partial charge in [0.2, 0.25) is 0 Å². The normalized spacial score (nSPS) is 15.7. The topological polar surface area (TPSA) is 49.2 Å². The second-order valence-electron chi connectivity index (χ2n) is 9.44. The summed E-state index contributed by atoms with van der Waals surface area (Å²) in [6.07, 6.45) is 3.75. The third-order valence-electron chi connectivity index (χ3n) is 6.95. The van der Waals surface area contributed by atoms with Gasteiger partial charge >= 0.3 is 0 Å². The van der Waals surface area contributed by atoms with Crippen LogP contribution in [0, 0.1) is 13.8 Å². The van der Waals surface area contributed by atoms with Crippen molar-refractivity contribution in [2.24, 2.45) is 0 Å². The molecule has 0 saturated carbocycles. The molecule has 1 aliphatic rings. The monoisotopic (exact) mass is 401 g/mol. The van der Waals surface area contributed by atoms with Crippen LogP contribution < -0.4 is 0 Å². The molecule has 1 aromatic carbocycles. The van der Waals surface area contributed by atoms with E-state index in [0.717, 1.165) is 5.65 Å². The molecule has 0 bridgehead atoms. The molecule has 0 atom stereocenters. The van der Waals surface area contributed by atoms with E-state index in [1.54, 1.807) is 6.33 Å². The average molecular weight is 402 g/mol. The van der Waals surface area contributed by atoms with Crippen molar-refractivity contribution in [1.82, 2.24) is 24.5 Å². The van der Waals surface area contributed by atoms with Gasteiger partial charge in [-0.1, -0.05) is 19.9 Å². The van der Waals surface area contributed by atoms with Crippen molar-refractivity contribution < 1.29 is 0 Å². The van der Waals surface area contributed by atoms with E-state index in [2.05, 4.69) is 85.9 Å². The Hall–Kier alpha value is -2.66. The number of nitrogens with one attached hydrogen (secondary N) is 1. The lowest BCUT2D eigenvalue weighted by Crippen LogP contribution is -2.48. The zero-order valence-corrected chi connectivity index (χ0v) is 18.8. The van der Waals surface area contributed by atoms with E-state index in [1.165, 1.54) is 57.5 Å². The van der Waals surface area contributed by atoms with Gasteiger partial charge in [0.1, 0.15) is 6.33 Å². The molecule has 1 saturated heterocycles. The molecule has 3 aromatic heterocycles. The number of nitrogens with zero attached hydrogens (tertiary/aromatic N) is 4. The van der Waals surface area contributed by atoms with Crippen LogP contribution in [0.1, 0.15) is 61.8 Å². The Morgan fingerprint density at radius 3 is 2.53 bits per heavy atom. The van der Waals surface area contributed by atoms with Crippen molar-refractivity contribution >= 4 is 16.6 Å². The van der Waals surface area contributed by atoms with Crippen LogP contribution in [0.3, 0.4) is 0 Å². The smallest absolute Gasteiger partial charge is 0.158 e. The van der Waals surface area contributed by atoms with Crippen molar-refractivity contribution in [1.29, 1.82) is 0 Å². The Bertz CT molecular complexity index is 1240. The minimum Gasteiger partial charge on any atom is -0.354 e. The molecule has 0 spiro atoms. The first kappa shape index (κ1) is 19.3. The molecular formula is C25H31N5. The summed E-state index contributed by atoms with van der Waals surface area (Å²) in [7, 11) is 0. The molecule has 0 amide bonds. The van der Waals surface area contributed by atoms with E-state index >= 15 is 0 Å². The van der Waals surface area contributed by atoms with Crippen LogP contribution in [-0.2, 0) is 0 Å². The summed E-state index contributed by atoms with van der Waals surface area (Å²) < 4.78 is 1.90. The van der Waals surface area contributed by atoms with Crippen LogP contribution in [0.15, 0.2) is 30.7 Å². The fraction of sp³-hybridized carbons (Fsp3) is 0.440. The zero-order chi connectivity index (χ0) is 21.2. The quantitative estimate of drug-likeness (QED) is 0.496. The predicted molar refractivity (Wildman–Crippen MR) is 123 cm³/mol. The van der Waals surface area contributed by atoms with Gasteiger partial charge in [-0.25, -0.2) is 9.50 Å². The molecule has 1 N–H and O–H groups in total. The van der Waals surface area contributed by atoms with Gasteiger partial charge in [-0.05, 0) is 68.0 Å². The minimum absolute atomic E-state index is 0.420. The molecule has 4 heterocycles. The Morgan fingerprint density at radius 1 is 1.07 bits per heavy atom. The summed E-state index contributed by atoms with van der Waals surface area (Å²) in [5.74, 6) is 1.06. The van der Waals surface area contributed by atoms with Crippen LogP contribution in [0.25, 0.3) is 27.8 Å². The number of fused-ring (bicyclic) bond motifs is 2. The number of H-pyrrole nitrogens is 1. The maximum atomic E-state index is 4.42. The molecule has 1 fully saturated rings. The second-order valence-corrected chi connectivity index (χ2v) is 9.44. The van der Waals surface area contributed by atoms with E-state index in [0.29, 0.717) is 17.9 Å². The van der Waals surface area contributed by atoms with Crippen LogP contribution in [-0.4, -0.2) is 43.6 Å². The Balaban J connectivity index is 1.65. The molecule has 5 rings (SSSR count). The number of pyridine rings is 1. The summed E-state index contributed by atoms with van der Waals surface area (Å²) in [6, 6.07) is 7.65. The van der Waals surface area contributed by atoms with Crippen molar-refractivity contribution in [2.75, 3.05) is 13.1 Å². The fourth-order valence-corrected chi connectivity index (χ4v) is 4.90. The number of rotatable bonds is 4. The maximum absolute atomic E-state index is 4.42. The third kappa shape index (κ3) is 2.87. The number of aromatic nitrogens is 4. The van der Waals surface area contributed by atoms with Crippen molar-refractivity contribution in [3.05, 3.63) is 53.0 Å². The van der Waals surface area contributed by atoms with E-state index in [1.807, 2.05) is 4.52 Å². The highest BCUT2D eigenvalue weighted by molar-refractivity contribution is 5.92. The molecule has 1 aliphatic heterocycles. The van der Waals surface area contributed by atoms with E-state index in [4.69, 9.17) is 0 Å². The third-order valence-corrected chi connectivity index (χ3v) is 6.95. The number of benzene rings is 1. The molecule has 156 valence electrons. The predicted octanol–water partition coefficient (Wildman–Crippen LogP) is 5.43. The first-order valence-corrected chi connectivity index (χ1v) is 11.0. The lowest BCUT2D eigenvalue weighted by molar-refractivity contribution is 0.110.